The lowest BCUT2D eigenvalue weighted by atomic mass is 10.2. The lowest BCUT2D eigenvalue weighted by molar-refractivity contribution is 0.146. The maximum Gasteiger partial charge on any atom is 0.229 e. The quantitative estimate of drug-likeness (QED) is 0.525. The third-order valence-electron chi connectivity index (χ3n) is 4.04. The molecule has 0 radical (unpaired) electrons. The van der Waals surface area contributed by atoms with E-state index in [4.69, 9.17) is 9.47 Å². The second-order valence-corrected chi connectivity index (χ2v) is 6.45. The lowest BCUT2D eigenvalue weighted by Gasteiger charge is -2.14. The summed E-state index contributed by atoms with van der Waals surface area (Å²) in [5.41, 5.74) is 2.49. The van der Waals surface area contributed by atoms with Crippen LogP contribution in [-0.4, -0.2) is 44.4 Å². The van der Waals surface area contributed by atoms with Crippen LogP contribution in [0, 0.1) is 5.82 Å². The van der Waals surface area contributed by atoms with E-state index >= 15 is 0 Å². The molecule has 0 aliphatic heterocycles. The van der Waals surface area contributed by atoms with Crippen molar-refractivity contribution < 1.29 is 13.9 Å². The molecule has 0 spiro atoms. The molecule has 0 unspecified atom stereocenters. The third kappa shape index (κ3) is 5.79. The summed E-state index contributed by atoms with van der Waals surface area (Å²) in [7, 11) is 5.52. The van der Waals surface area contributed by atoms with Crippen molar-refractivity contribution in [3.05, 3.63) is 60.5 Å². The smallest absolute Gasteiger partial charge is 0.229 e. The van der Waals surface area contributed by atoms with Gasteiger partial charge in [0.15, 0.2) is 11.6 Å². The predicted octanol–water partition coefficient (Wildman–Crippen LogP) is 4.19. The van der Waals surface area contributed by atoms with Crippen molar-refractivity contribution in [1.29, 1.82) is 0 Å². The molecule has 0 saturated heterocycles. The molecule has 0 amide bonds. The van der Waals surface area contributed by atoms with Crippen LogP contribution < -0.4 is 20.3 Å². The van der Waals surface area contributed by atoms with Crippen molar-refractivity contribution in [3.8, 4) is 5.75 Å². The molecule has 3 rings (SSSR count). The Bertz CT molecular complexity index is 935. The average Bonchev–Trinajstić information content (AvgIpc) is 2.72. The van der Waals surface area contributed by atoms with Crippen molar-refractivity contribution in [2.24, 2.45) is 0 Å². The van der Waals surface area contributed by atoms with Gasteiger partial charge in [0, 0.05) is 38.3 Å². The highest BCUT2D eigenvalue weighted by atomic mass is 19.1. The number of methoxy groups -OCH3 is 1. The minimum atomic E-state index is -0.535. The number of hydrogen-bond donors (Lipinski definition) is 2. The Kier molecular flexibility index (Phi) is 6.80. The van der Waals surface area contributed by atoms with Crippen LogP contribution in [0.2, 0.25) is 0 Å². The fourth-order valence-corrected chi connectivity index (χ4v) is 2.52. The van der Waals surface area contributed by atoms with Crippen LogP contribution in [0.25, 0.3) is 0 Å². The molecule has 1 heterocycles. The molecule has 3 aromatic rings. The zero-order valence-corrected chi connectivity index (χ0v) is 16.6. The molecule has 29 heavy (non-hydrogen) atoms. The molecule has 152 valence electrons. The molecule has 1 aromatic heterocycles. The number of halogens is 1. The molecule has 0 bridgehead atoms. The lowest BCUT2D eigenvalue weighted by Crippen LogP contribution is -2.09. The fourth-order valence-electron chi connectivity index (χ4n) is 2.52. The minimum absolute atomic E-state index is 0.0953. The Morgan fingerprint density at radius 2 is 1.79 bits per heavy atom. The first-order valence-electron chi connectivity index (χ1n) is 9.11. The SMILES string of the molecule is COCCOc1ccc(Nc2ncc(F)c(Nc3cccc(N(C)C)c3)n2)cc1. The number of anilines is 5. The van der Waals surface area contributed by atoms with Gasteiger partial charge in [-0.1, -0.05) is 6.07 Å². The highest BCUT2D eigenvalue weighted by Crippen LogP contribution is 2.24. The van der Waals surface area contributed by atoms with Gasteiger partial charge >= 0.3 is 0 Å². The topological polar surface area (TPSA) is 71.5 Å². The molecular formula is C21H24FN5O2. The summed E-state index contributed by atoms with van der Waals surface area (Å²) in [6.07, 6.45) is 1.13. The van der Waals surface area contributed by atoms with E-state index in [0.717, 1.165) is 29.0 Å². The Labute approximate surface area is 169 Å². The number of nitrogens with zero attached hydrogens (tertiary/aromatic N) is 3. The Balaban J connectivity index is 1.69. The Morgan fingerprint density at radius 1 is 1.00 bits per heavy atom. The van der Waals surface area contributed by atoms with Gasteiger partial charge in [0.25, 0.3) is 0 Å². The van der Waals surface area contributed by atoms with Gasteiger partial charge in [-0.3, -0.25) is 0 Å². The van der Waals surface area contributed by atoms with E-state index in [1.54, 1.807) is 7.11 Å². The van der Waals surface area contributed by atoms with Crippen LogP contribution in [-0.2, 0) is 4.74 Å². The van der Waals surface area contributed by atoms with Crippen LogP contribution >= 0.6 is 0 Å². The zero-order valence-electron chi connectivity index (χ0n) is 16.6. The van der Waals surface area contributed by atoms with Crippen LogP contribution in [0.3, 0.4) is 0 Å². The van der Waals surface area contributed by atoms with E-state index in [-0.39, 0.29) is 11.8 Å². The molecule has 0 aliphatic carbocycles. The summed E-state index contributed by atoms with van der Waals surface area (Å²) in [4.78, 5) is 10.2. The Morgan fingerprint density at radius 3 is 2.52 bits per heavy atom. The number of nitrogens with one attached hydrogen (secondary N) is 2. The molecule has 2 aromatic carbocycles. The molecule has 2 N–H and O–H groups in total. The monoisotopic (exact) mass is 397 g/mol. The highest BCUT2D eigenvalue weighted by Gasteiger charge is 2.09. The molecule has 0 fully saturated rings. The highest BCUT2D eigenvalue weighted by molar-refractivity contribution is 5.64. The van der Waals surface area contributed by atoms with E-state index in [0.29, 0.717) is 13.2 Å². The van der Waals surface area contributed by atoms with Gasteiger partial charge in [0.05, 0.1) is 12.8 Å². The van der Waals surface area contributed by atoms with Crippen molar-refractivity contribution in [2.75, 3.05) is 50.0 Å². The van der Waals surface area contributed by atoms with E-state index in [1.165, 1.54) is 0 Å². The van der Waals surface area contributed by atoms with Gasteiger partial charge in [-0.2, -0.15) is 4.98 Å². The standard InChI is InChI=1S/C21H24FN5O2/c1-27(2)17-6-4-5-16(13-17)24-20-19(22)14-23-21(26-20)25-15-7-9-18(10-8-15)29-12-11-28-3/h4-10,13-14H,11-12H2,1-3H3,(H2,23,24,25,26). The van der Waals surface area contributed by atoms with Crippen molar-refractivity contribution in [2.45, 2.75) is 0 Å². The van der Waals surface area contributed by atoms with Crippen LogP contribution in [0.4, 0.5) is 33.2 Å². The Hall–Kier alpha value is -3.39. The molecule has 7 nitrogen and oxygen atoms in total. The first-order valence-corrected chi connectivity index (χ1v) is 9.11. The van der Waals surface area contributed by atoms with E-state index < -0.39 is 5.82 Å². The molecular weight excluding hydrogens is 373 g/mol. The van der Waals surface area contributed by atoms with Crippen molar-refractivity contribution in [3.63, 3.8) is 0 Å². The number of benzene rings is 2. The number of ether oxygens (including phenoxy) is 2. The van der Waals surface area contributed by atoms with E-state index in [2.05, 4.69) is 20.6 Å². The summed E-state index contributed by atoms with van der Waals surface area (Å²) in [6.45, 7) is 1.01. The minimum Gasteiger partial charge on any atom is -0.491 e. The summed E-state index contributed by atoms with van der Waals surface area (Å²) in [6, 6.07) is 15.0. The summed E-state index contributed by atoms with van der Waals surface area (Å²) in [5, 5.41) is 6.07. The van der Waals surface area contributed by atoms with Crippen molar-refractivity contribution in [1.82, 2.24) is 9.97 Å². The van der Waals surface area contributed by atoms with E-state index in [1.807, 2.05) is 67.5 Å². The average molecular weight is 397 g/mol. The maximum atomic E-state index is 14.2. The predicted molar refractivity (Wildman–Crippen MR) is 113 cm³/mol. The largest absolute Gasteiger partial charge is 0.491 e. The van der Waals surface area contributed by atoms with Gasteiger partial charge < -0.3 is 25.0 Å². The van der Waals surface area contributed by atoms with Crippen molar-refractivity contribution >= 4 is 28.8 Å². The van der Waals surface area contributed by atoms with Crippen LogP contribution in [0.1, 0.15) is 0 Å². The second kappa shape index (κ2) is 9.70. The summed E-state index contributed by atoms with van der Waals surface area (Å²) in [5.74, 6) is 0.576. The second-order valence-electron chi connectivity index (χ2n) is 6.45. The van der Waals surface area contributed by atoms with E-state index in [9.17, 15) is 4.39 Å². The first kappa shape index (κ1) is 20.3. The number of hydrogen-bond acceptors (Lipinski definition) is 7. The first-order chi connectivity index (χ1) is 14.0. The van der Waals surface area contributed by atoms with Gasteiger partial charge in [-0.25, -0.2) is 9.37 Å². The van der Waals surface area contributed by atoms with Gasteiger partial charge in [-0.05, 0) is 42.5 Å². The van der Waals surface area contributed by atoms with Gasteiger partial charge in [0.1, 0.15) is 12.4 Å². The van der Waals surface area contributed by atoms with Crippen LogP contribution in [0.5, 0.6) is 5.75 Å². The summed E-state index contributed by atoms with van der Waals surface area (Å²) >= 11 is 0. The number of rotatable bonds is 9. The molecule has 0 atom stereocenters. The fraction of sp³-hybridized carbons (Fsp3) is 0.238. The van der Waals surface area contributed by atoms with Crippen LogP contribution in [0.15, 0.2) is 54.7 Å². The normalized spacial score (nSPS) is 10.5. The van der Waals surface area contributed by atoms with Gasteiger partial charge in [0.2, 0.25) is 5.95 Å². The molecule has 0 saturated carbocycles. The van der Waals surface area contributed by atoms with Gasteiger partial charge in [-0.15, -0.1) is 0 Å². The third-order valence-corrected chi connectivity index (χ3v) is 4.04. The molecule has 8 heteroatoms. The maximum absolute atomic E-state index is 14.2. The zero-order chi connectivity index (χ0) is 20.6. The number of aromatic nitrogens is 2. The summed E-state index contributed by atoms with van der Waals surface area (Å²) < 4.78 is 24.7. The molecule has 0 aliphatic rings.